The molecule has 0 saturated carbocycles. The smallest absolute Gasteiger partial charge is 0.0434 e. The van der Waals surface area contributed by atoms with Crippen LogP contribution in [0.4, 0.5) is 0 Å². The summed E-state index contributed by atoms with van der Waals surface area (Å²) in [5.74, 6) is 0. The highest BCUT2D eigenvalue weighted by molar-refractivity contribution is 5.78. The molecule has 0 heterocycles. The average Bonchev–Trinajstić information content (AvgIpc) is 2.90. The van der Waals surface area contributed by atoms with Crippen LogP contribution in [-0.2, 0) is 19.3 Å². The van der Waals surface area contributed by atoms with Gasteiger partial charge in [-0.3, -0.25) is 0 Å². The van der Waals surface area contributed by atoms with Crippen molar-refractivity contribution < 1.29 is 10.2 Å². The van der Waals surface area contributed by atoms with Crippen molar-refractivity contribution in [3.05, 3.63) is 58.7 Å². The Kier molecular flexibility index (Phi) is 4.37. The molecule has 0 radical (unpaired) electrons. The van der Waals surface area contributed by atoms with E-state index < -0.39 is 0 Å². The van der Waals surface area contributed by atoms with Crippen LogP contribution in [0, 0.1) is 0 Å². The fraction of sp³-hybridized carbons (Fsp3) is 0.368. The highest BCUT2D eigenvalue weighted by atomic mass is 16.3. The Balaban J connectivity index is 2.02. The van der Waals surface area contributed by atoms with Crippen LogP contribution in [0.1, 0.15) is 35.1 Å². The maximum absolute atomic E-state index is 9.18. The predicted octanol–water partition coefficient (Wildman–Crippen LogP) is 3.11. The van der Waals surface area contributed by atoms with Crippen LogP contribution in [0.2, 0.25) is 0 Å². The molecule has 1 aliphatic rings. The fourth-order valence-electron chi connectivity index (χ4n) is 3.39. The largest absolute Gasteiger partial charge is 0.396 e. The van der Waals surface area contributed by atoms with E-state index in [1.807, 2.05) is 0 Å². The highest BCUT2D eigenvalue weighted by Gasteiger charge is 2.22. The summed E-state index contributed by atoms with van der Waals surface area (Å²) in [5.41, 5.74) is 8.27. The molecule has 0 aromatic heterocycles. The lowest BCUT2D eigenvalue weighted by Gasteiger charge is -2.14. The molecule has 0 amide bonds. The zero-order valence-corrected chi connectivity index (χ0v) is 12.3. The standard InChI is InChI=1S/C19H22O2/c20-11-3-6-14-9-10-18-17-7-2-1-5-15(17)13-19(18)16(14)8-4-12-21/h1-2,5,7,9-10,20-21H,3-4,6,8,11-13H2. The second-order valence-corrected chi connectivity index (χ2v) is 5.72. The van der Waals surface area contributed by atoms with Gasteiger partial charge in [0.05, 0.1) is 0 Å². The van der Waals surface area contributed by atoms with Crippen molar-refractivity contribution in [1.82, 2.24) is 0 Å². The first-order valence-electron chi connectivity index (χ1n) is 7.78. The summed E-state index contributed by atoms with van der Waals surface area (Å²) in [6, 6.07) is 13.0. The molecule has 110 valence electrons. The van der Waals surface area contributed by atoms with Crippen LogP contribution >= 0.6 is 0 Å². The second kappa shape index (κ2) is 6.42. The molecule has 0 aliphatic heterocycles. The lowest BCUT2D eigenvalue weighted by atomic mass is 9.91. The van der Waals surface area contributed by atoms with Crippen LogP contribution in [0.15, 0.2) is 36.4 Å². The number of hydrogen-bond donors (Lipinski definition) is 2. The predicted molar refractivity (Wildman–Crippen MR) is 85.5 cm³/mol. The minimum absolute atomic E-state index is 0.232. The molecule has 2 N–H and O–H groups in total. The maximum Gasteiger partial charge on any atom is 0.0434 e. The van der Waals surface area contributed by atoms with Crippen molar-refractivity contribution in [3.8, 4) is 11.1 Å². The fourth-order valence-corrected chi connectivity index (χ4v) is 3.39. The van der Waals surface area contributed by atoms with E-state index in [-0.39, 0.29) is 13.2 Å². The first-order valence-corrected chi connectivity index (χ1v) is 7.78. The normalized spacial score (nSPS) is 12.3. The number of benzene rings is 2. The van der Waals surface area contributed by atoms with Crippen molar-refractivity contribution in [2.24, 2.45) is 0 Å². The molecule has 3 rings (SSSR count). The summed E-state index contributed by atoms with van der Waals surface area (Å²) in [4.78, 5) is 0. The number of aryl methyl sites for hydroxylation is 1. The lowest BCUT2D eigenvalue weighted by molar-refractivity contribution is 0.286. The van der Waals surface area contributed by atoms with E-state index >= 15 is 0 Å². The molecular formula is C19H22O2. The van der Waals surface area contributed by atoms with Crippen LogP contribution in [0.5, 0.6) is 0 Å². The number of hydrogen-bond acceptors (Lipinski definition) is 2. The topological polar surface area (TPSA) is 40.5 Å². The number of fused-ring (bicyclic) bond motifs is 3. The molecule has 2 aromatic carbocycles. The molecule has 2 nitrogen and oxygen atoms in total. The van der Waals surface area contributed by atoms with Crippen molar-refractivity contribution in [1.29, 1.82) is 0 Å². The van der Waals surface area contributed by atoms with Crippen LogP contribution < -0.4 is 0 Å². The molecule has 21 heavy (non-hydrogen) atoms. The first-order chi connectivity index (χ1) is 10.3. The van der Waals surface area contributed by atoms with Crippen LogP contribution in [0.3, 0.4) is 0 Å². The molecule has 0 unspecified atom stereocenters. The summed E-state index contributed by atoms with van der Waals surface area (Å²) in [5, 5.41) is 18.3. The highest BCUT2D eigenvalue weighted by Crippen LogP contribution is 2.39. The summed E-state index contributed by atoms with van der Waals surface area (Å²) in [6.07, 6.45) is 4.45. The lowest BCUT2D eigenvalue weighted by Crippen LogP contribution is -2.03. The van der Waals surface area contributed by atoms with Gasteiger partial charge in [0.1, 0.15) is 0 Å². The molecule has 0 bridgehead atoms. The average molecular weight is 282 g/mol. The van der Waals surface area contributed by atoms with Gasteiger partial charge in [-0.05, 0) is 65.5 Å². The van der Waals surface area contributed by atoms with Crippen molar-refractivity contribution in [2.75, 3.05) is 13.2 Å². The van der Waals surface area contributed by atoms with Gasteiger partial charge in [-0.2, -0.15) is 0 Å². The van der Waals surface area contributed by atoms with Gasteiger partial charge in [-0.15, -0.1) is 0 Å². The van der Waals surface area contributed by atoms with Gasteiger partial charge >= 0.3 is 0 Å². The molecule has 0 fully saturated rings. The van der Waals surface area contributed by atoms with Crippen molar-refractivity contribution >= 4 is 0 Å². The molecule has 2 heteroatoms. The Bertz CT molecular complexity index is 631. The second-order valence-electron chi connectivity index (χ2n) is 5.72. The van der Waals surface area contributed by atoms with E-state index in [1.165, 1.54) is 33.4 Å². The third-order valence-corrected chi connectivity index (χ3v) is 4.39. The van der Waals surface area contributed by atoms with E-state index in [4.69, 9.17) is 5.11 Å². The number of aliphatic hydroxyl groups excluding tert-OH is 2. The summed E-state index contributed by atoms with van der Waals surface area (Å²) < 4.78 is 0. The maximum atomic E-state index is 9.18. The number of rotatable bonds is 6. The van der Waals surface area contributed by atoms with E-state index in [0.29, 0.717) is 0 Å². The van der Waals surface area contributed by atoms with E-state index in [2.05, 4.69) is 36.4 Å². The molecule has 0 saturated heterocycles. The molecule has 2 aromatic rings. The van der Waals surface area contributed by atoms with E-state index in [9.17, 15) is 5.11 Å². The van der Waals surface area contributed by atoms with Gasteiger partial charge in [0.25, 0.3) is 0 Å². The summed E-state index contributed by atoms with van der Waals surface area (Å²) in [6.45, 7) is 0.465. The Labute approximate surface area is 126 Å². The minimum atomic E-state index is 0.232. The molecule has 0 spiro atoms. The van der Waals surface area contributed by atoms with Crippen molar-refractivity contribution in [2.45, 2.75) is 32.1 Å². The van der Waals surface area contributed by atoms with Crippen LogP contribution in [-0.4, -0.2) is 23.4 Å². The Hall–Kier alpha value is -1.64. The Morgan fingerprint density at radius 2 is 1.57 bits per heavy atom. The van der Waals surface area contributed by atoms with E-state index in [0.717, 1.165) is 32.1 Å². The van der Waals surface area contributed by atoms with Crippen molar-refractivity contribution in [3.63, 3.8) is 0 Å². The molecular weight excluding hydrogens is 260 g/mol. The Morgan fingerprint density at radius 3 is 2.38 bits per heavy atom. The van der Waals surface area contributed by atoms with Gasteiger partial charge in [0, 0.05) is 13.2 Å². The van der Waals surface area contributed by atoms with Gasteiger partial charge in [-0.25, -0.2) is 0 Å². The van der Waals surface area contributed by atoms with Gasteiger partial charge in [-0.1, -0.05) is 36.4 Å². The van der Waals surface area contributed by atoms with Crippen LogP contribution in [0.25, 0.3) is 11.1 Å². The Morgan fingerprint density at radius 1 is 0.810 bits per heavy atom. The van der Waals surface area contributed by atoms with Gasteiger partial charge < -0.3 is 10.2 Å². The zero-order chi connectivity index (χ0) is 14.7. The SMILES string of the molecule is OCCCc1ccc2c(c1CCCO)Cc1ccccc1-2. The zero-order valence-electron chi connectivity index (χ0n) is 12.3. The molecule has 1 aliphatic carbocycles. The monoisotopic (exact) mass is 282 g/mol. The third-order valence-electron chi connectivity index (χ3n) is 4.39. The summed E-state index contributed by atoms with van der Waals surface area (Å²) in [7, 11) is 0. The minimum Gasteiger partial charge on any atom is -0.396 e. The third kappa shape index (κ3) is 2.74. The van der Waals surface area contributed by atoms with E-state index in [1.54, 1.807) is 0 Å². The van der Waals surface area contributed by atoms with Gasteiger partial charge in [0.15, 0.2) is 0 Å². The van der Waals surface area contributed by atoms with Gasteiger partial charge in [0.2, 0.25) is 0 Å². The summed E-state index contributed by atoms with van der Waals surface area (Å²) >= 11 is 0. The quantitative estimate of drug-likeness (QED) is 0.729. The molecule has 0 atom stereocenters. The first kappa shape index (κ1) is 14.3. The number of aliphatic hydroxyl groups is 2.